The average molecular weight is 332 g/mol. The summed E-state index contributed by atoms with van der Waals surface area (Å²) in [5.74, 6) is -0.675. The Kier molecular flexibility index (Phi) is 4.49. The minimum atomic E-state index is -0.561. The van der Waals surface area contributed by atoms with Gasteiger partial charge in [-0.25, -0.2) is 13.8 Å². The van der Waals surface area contributed by atoms with E-state index in [9.17, 15) is 8.78 Å². The van der Waals surface area contributed by atoms with E-state index in [2.05, 4.69) is 26.2 Å². The van der Waals surface area contributed by atoms with Gasteiger partial charge in [-0.05, 0) is 22.0 Å². The molecule has 0 saturated carbocycles. The molecule has 0 unspecified atom stereocenters. The van der Waals surface area contributed by atoms with Crippen LogP contribution in [0.15, 0.2) is 29.0 Å². The molecule has 102 valence electrons. The Morgan fingerprint density at radius 2 is 2.16 bits per heavy atom. The summed E-state index contributed by atoms with van der Waals surface area (Å²) >= 11 is 2.93. The molecular formula is C12H12BrF2N3O. The van der Waals surface area contributed by atoms with E-state index in [1.165, 1.54) is 0 Å². The lowest BCUT2D eigenvalue weighted by molar-refractivity contribution is 0.188. The van der Waals surface area contributed by atoms with Gasteiger partial charge in [-0.15, -0.1) is 0 Å². The van der Waals surface area contributed by atoms with Gasteiger partial charge in [0.15, 0.2) is 0 Å². The van der Waals surface area contributed by atoms with E-state index in [0.29, 0.717) is 19.1 Å². The predicted molar refractivity (Wildman–Crippen MR) is 71.4 cm³/mol. The van der Waals surface area contributed by atoms with Crippen molar-refractivity contribution in [3.05, 3.63) is 40.6 Å². The zero-order valence-electron chi connectivity index (χ0n) is 10.2. The van der Waals surface area contributed by atoms with Crippen molar-refractivity contribution in [1.29, 1.82) is 0 Å². The van der Waals surface area contributed by atoms with Gasteiger partial charge in [-0.1, -0.05) is 0 Å². The third kappa shape index (κ3) is 3.30. The summed E-state index contributed by atoms with van der Waals surface area (Å²) in [6, 6.07) is 2.15. The molecule has 0 aliphatic heterocycles. The van der Waals surface area contributed by atoms with Crippen LogP contribution in [0.4, 0.5) is 20.4 Å². The van der Waals surface area contributed by atoms with Gasteiger partial charge in [0.2, 0.25) is 5.95 Å². The number of hydrogen-bond donors (Lipinski definition) is 1. The normalized spacial score (nSPS) is 10.7. The largest absolute Gasteiger partial charge is 0.383 e. The molecule has 4 nitrogen and oxygen atoms in total. The maximum Gasteiger partial charge on any atom is 0.207 e. The van der Waals surface area contributed by atoms with Gasteiger partial charge >= 0.3 is 0 Å². The Morgan fingerprint density at radius 3 is 2.89 bits per heavy atom. The number of rotatable bonds is 5. The van der Waals surface area contributed by atoms with Crippen LogP contribution >= 0.6 is 15.9 Å². The molecular weight excluding hydrogens is 320 g/mol. The third-order valence-corrected chi connectivity index (χ3v) is 3.12. The Labute approximate surface area is 117 Å². The molecule has 2 aromatic rings. The number of halogens is 3. The van der Waals surface area contributed by atoms with Crippen molar-refractivity contribution in [2.45, 2.75) is 6.54 Å². The van der Waals surface area contributed by atoms with Crippen LogP contribution in [-0.4, -0.2) is 23.3 Å². The minimum Gasteiger partial charge on any atom is -0.383 e. The second-order valence-electron chi connectivity index (χ2n) is 3.81. The van der Waals surface area contributed by atoms with Crippen LogP contribution in [0.3, 0.4) is 0 Å². The van der Waals surface area contributed by atoms with Crippen LogP contribution in [0.25, 0.3) is 0 Å². The highest BCUT2D eigenvalue weighted by molar-refractivity contribution is 9.10. The van der Waals surface area contributed by atoms with E-state index in [4.69, 9.17) is 4.74 Å². The van der Waals surface area contributed by atoms with Gasteiger partial charge in [0.1, 0.15) is 11.6 Å². The number of aromatic nitrogens is 2. The van der Waals surface area contributed by atoms with E-state index < -0.39 is 11.6 Å². The van der Waals surface area contributed by atoms with Crippen LogP contribution in [0.1, 0.15) is 0 Å². The van der Waals surface area contributed by atoms with Crippen molar-refractivity contribution in [3.63, 3.8) is 0 Å². The van der Waals surface area contributed by atoms with Crippen molar-refractivity contribution in [2.24, 2.45) is 0 Å². The number of benzene rings is 1. The van der Waals surface area contributed by atoms with Crippen LogP contribution in [0.2, 0.25) is 0 Å². The standard InChI is InChI=1S/C12H12BrF2N3O/c1-19-5-4-18-3-2-16-12(18)17-11-7-9(14)8(13)6-10(11)15/h2-3,6-7H,4-5H2,1H3,(H,16,17). The Balaban J connectivity index is 2.21. The van der Waals surface area contributed by atoms with E-state index in [-0.39, 0.29) is 10.2 Å². The molecule has 1 N–H and O–H groups in total. The molecule has 19 heavy (non-hydrogen) atoms. The fourth-order valence-corrected chi connectivity index (χ4v) is 1.86. The van der Waals surface area contributed by atoms with Gasteiger partial charge in [0, 0.05) is 32.1 Å². The number of methoxy groups -OCH3 is 1. The minimum absolute atomic E-state index is 0.0329. The molecule has 1 heterocycles. The first-order valence-electron chi connectivity index (χ1n) is 5.53. The highest BCUT2D eigenvalue weighted by atomic mass is 79.9. The van der Waals surface area contributed by atoms with Crippen molar-refractivity contribution < 1.29 is 13.5 Å². The first kappa shape index (κ1) is 14.0. The molecule has 0 aliphatic rings. The number of ether oxygens (including phenoxy) is 1. The maximum absolute atomic E-state index is 13.7. The fraction of sp³-hybridized carbons (Fsp3) is 0.250. The molecule has 0 fully saturated rings. The summed E-state index contributed by atoms with van der Waals surface area (Å²) in [4.78, 5) is 4.05. The number of nitrogens with one attached hydrogen (secondary N) is 1. The monoisotopic (exact) mass is 331 g/mol. The average Bonchev–Trinajstić information content (AvgIpc) is 2.81. The van der Waals surface area contributed by atoms with Crippen molar-refractivity contribution in [3.8, 4) is 0 Å². The molecule has 1 aromatic carbocycles. The number of anilines is 2. The van der Waals surface area contributed by atoms with E-state index in [0.717, 1.165) is 12.1 Å². The molecule has 0 atom stereocenters. The van der Waals surface area contributed by atoms with Crippen LogP contribution in [0.5, 0.6) is 0 Å². The van der Waals surface area contributed by atoms with Gasteiger partial charge in [-0.3, -0.25) is 0 Å². The van der Waals surface area contributed by atoms with E-state index >= 15 is 0 Å². The lowest BCUT2D eigenvalue weighted by atomic mass is 10.3. The third-order valence-electron chi connectivity index (χ3n) is 2.51. The highest BCUT2D eigenvalue weighted by Crippen LogP contribution is 2.25. The van der Waals surface area contributed by atoms with E-state index in [1.807, 2.05) is 0 Å². The first-order chi connectivity index (χ1) is 9.11. The molecule has 0 aliphatic carbocycles. The maximum atomic E-state index is 13.7. The Hall–Kier alpha value is -1.47. The number of nitrogens with zero attached hydrogens (tertiary/aromatic N) is 2. The van der Waals surface area contributed by atoms with Gasteiger partial charge in [0.25, 0.3) is 0 Å². The van der Waals surface area contributed by atoms with Gasteiger partial charge in [-0.2, -0.15) is 0 Å². The fourth-order valence-electron chi connectivity index (χ4n) is 1.54. The number of imidazole rings is 1. The van der Waals surface area contributed by atoms with Crippen molar-refractivity contribution >= 4 is 27.6 Å². The lowest BCUT2D eigenvalue weighted by Gasteiger charge is -2.10. The van der Waals surface area contributed by atoms with Crippen LogP contribution < -0.4 is 5.32 Å². The van der Waals surface area contributed by atoms with Crippen molar-refractivity contribution in [2.75, 3.05) is 19.0 Å². The topological polar surface area (TPSA) is 39.1 Å². The quantitative estimate of drug-likeness (QED) is 0.854. The summed E-state index contributed by atoms with van der Waals surface area (Å²) in [7, 11) is 1.59. The lowest BCUT2D eigenvalue weighted by Crippen LogP contribution is -2.08. The molecule has 7 heteroatoms. The number of hydrogen-bond acceptors (Lipinski definition) is 3. The zero-order valence-corrected chi connectivity index (χ0v) is 11.7. The first-order valence-corrected chi connectivity index (χ1v) is 6.32. The summed E-state index contributed by atoms with van der Waals surface area (Å²) in [6.07, 6.45) is 3.31. The summed E-state index contributed by atoms with van der Waals surface area (Å²) < 4.78 is 33.9. The Morgan fingerprint density at radius 1 is 1.37 bits per heavy atom. The van der Waals surface area contributed by atoms with Crippen molar-refractivity contribution in [1.82, 2.24) is 9.55 Å². The molecule has 0 amide bonds. The zero-order chi connectivity index (χ0) is 13.8. The van der Waals surface area contributed by atoms with Gasteiger partial charge in [0.05, 0.1) is 16.8 Å². The highest BCUT2D eigenvalue weighted by Gasteiger charge is 2.10. The molecule has 0 spiro atoms. The summed E-state index contributed by atoms with van der Waals surface area (Å²) in [6.45, 7) is 1.07. The SMILES string of the molecule is COCCn1ccnc1Nc1cc(F)c(Br)cc1F. The molecule has 1 aromatic heterocycles. The summed E-state index contributed by atoms with van der Waals surface area (Å²) in [5.41, 5.74) is 0.0329. The van der Waals surface area contributed by atoms with E-state index in [1.54, 1.807) is 24.1 Å². The van der Waals surface area contributed by atoms with Crippen LogP contribution in [-0.2, 0) is 11.3 Å². The Bertz CT molecular complexity index is 574. The van der Waals surface area contributed by atoms with Gasteiger partial charge < -0.3 is 14.6 Å². The molecule has 0 saturated heterocycles. The smallest absolute Gasteiger partial charge is 0.207 e. The molecule has 0 radical (unpaired) electrons. The predicted octanol–water partition coefficient (Wildman–Crippen LogP) is 3.31. The van der Waals surface area contributed by atoms with Crippen LogP contribution in [0, 0.1) is 11.6 Å². The second-order valence-corrected chi connectivity index (χ2v) is 4.66. The summed E-state index contributed by atoms with van der Waals surface area (Å²) in [5, 5.41) is 2.76. The second kappa shape index (κ2) is 6.12. The molecule has 2 rings (SSSR count). The molecule has 0 bridgehead atoms.